The Bertz CT molecular complexity index is 512. The van der Waals surface area contributed by atoms with Crippen LogP contribution < -0.4 is 5.32 Å². The molecule has 5 nitrogen and oxygen atoms in total. The van der Waals surface area contributed by atoms with Crippen LogP contribution in [0.5, 0.6) is 0 Å². The third kappa shape index (κ3) is 4.00. The Morgan fingerprint density at radius 3 is 2.73 bits per heavy atom. The molecule has 0 aliphatic carbocycles. The lowest BCUT2D eigenvalue weighted by atomic mass is 10.2. The molecule has 120 valence electrons. The van der Waals surface area contributed by atoms with Crippen LogP contribution >= 0.6 is 15.9 Å². The summed E-state index contributed by atoms with van der Waals surface area (Å²) < 4.78 is 6.59. The number of hydrogen-bond donors (Lipinski definition) is 1. The predicted molar refractivity (Wildman–Crippen MR) is 90.1 cm³/mol. The number of rotatable bonds is 3. The number of para-hydroxylation sites is 1. The molecule has 2 fully saturated rings. The summed E-state index contributed by atoms with van der Waals surface area (Å²) in [5.41, 5.74) is 0.814. The van der Waals surface area contributed by atoms with E-state index >= 15 is 0 Å². The number of nitrogens with one attached hydrogen (secondary N) is 1. The van der Waals surface area contributed by atoms with Gasteiger partial charge < -0.3 is 15.0 Å². The van der Waals surface area contributed by atoms with E-state index in [1.165, 1.54) is 12.8 Å². The highest BCUT2D eigenvalue weighted by Crippen LogP contribution is 2.22. The van der Waals surface area contributed by atoms with E-state index in [0.29, 0.717) is 6.10 Å². The van der Waals surface area contributed by atoms with Gasteiger partial charge in [0.25, 0.3) is 0 Å². The predicted octanol–water partition coefficient (Wildman–Crippen LogP) is 2.78. The molecule has 1 N–H and O–H groups in total. The fourth-order valence-corrected chi connectivity index (χ4v) is 3.35. The van der Waals surface area contributed by atoms with Crippen LogP contribution in [0, 0.1) is 0 Å². The summed E-state index contributed by atoms with van der Waals surface area (Å²) in [6, 6.07) is 7.65. The minimum absolute atomic E-state index is 0.0244. The van der Waals surface area contributed by atoms with Gasteiger partial charge in [0.1, 0.15) is 0 Å². The normalized spacial score (nSPS) is 22.8. The average Bonchev–Trinajstić information content (AvgIpc) is 3.03. The number of ether oxygens (including phenoxy) is 1. The number of anilines is 1. The van der Waals surface area contributed by atoms with Gasteiger partial charge in [-0.05, 0) is 40.9 Å². The van der Waals surface area contributed by atoms with Crippen LogP contribution in [0.4, 0.5) is 10.5 Å². The van der Waals surface area contributed by atoms with E-state index in [1.54, 1.807) is 0 Å². The summed E-state index contributed by atoms with van der Waals surface area (Å²) in [5.74, 6) is 0. The van der Waals surface area contributed by atoms with Crippen molar-refractivity contribution in [2.75, 3.05) is 44.6 Å². The number of piperazine rings is 1. The Morgan fingerprint density at radius 1 is 1.27 bits per heavy atom. The highest BCUT2D eigenvalue weighted by molar-refractivity contribution is 9.10. The molecule has 0 saturated carbocycles. The van der Waals surface area contributed by atoms with Gasteiger partial charge in [-0.15, -0.1) is 0 Å². The Balaban J connectivity index is 1.46. The van der Waals surface area contributed by atoms with Gasteiger partial charge in [0.2, 0.25) is 0 Å². The molecule has 2 heterocycles. The largest absolute Gasteiger partial charge is 0.377 e. The van der Waals surface area contributed by atoms with Crippen molar-refractivity contribution < 1.29 is 9.53 Å². The second-order valence-corrected chi connectivity index (χ2v) is 6.69. The molecular formula is C16H22BrN3O2. The third-order valence-electron chi connectivity index (χ3n) is 4.26. The number of amides is 2. The number of benzene rings is 1. The number of urea groups is 1. The SMILES string of the molecule is O=C(Nc1ccccc1Br)N1CCN(CC2CCCO2)CC1. The summed E-state index contributed by atoms with van der Waals surface area (Å²) in [6.07, 6.45) is 2.74. The number of halogens is 1. The van der Waals surface area contributed by atoms with Crippen molar-refractivity contribution in [1.82, 2.24) is 9.80 Å². The molecule has 1 aromatic rings. The first-order valence-electron chi connectivity index (χ1n) is 7.87. The highest BCUT2D eigenvalue weighted by Gasteiger charge is 2.25. The zero-order valence-electron chi connectivity index (χ0n) is 12.6. The van der Waals surface area contributed by atoms with Crippen LogP contribution in [0.25, 0.3) is 0 Å². The molecular weight excluding hydrogens is 346 g/mol. The molecule has 0 radical (unpaired) electrons. The van der Waals surface area contributed by atoms with Gasteiger partial charge in [-0.3, -0.25) is 4.90 Å². The first kappa shape index (κ1) is 15.8. The van der Waals surface area contributed by atoms with Crippen molar-refractivity contribution in [3.05, 3.63) is 28.7 Å². The topological polar surface area (TPSA) is 44.8 Å². The zero-order chi connectivity index (χ0) is 15.4. The van der Waals surface area contributed by atoms with E-state index in [0.717, 1.165) is 49.5 Å². The maximum Gasteiger partial charge on any atom is 0.321 e. The van der Waals surface area contributed by atoms with E-state index in [4.69, 9.17) is 4.74 Å². The quantitative estimate of drug-likeness (QED) is 0.893. The van der Waals surface area contributed by atoms with E-state index < -0.39 is 0 Å². The van der Waals surface area contributed by atoms with E-state index in [-0.39, 0.29) is 6.03 Å². The Labute approximate surface area is 139 Å². The van der Waals surface area contributed by atoms with E-state index in [9.17, 15) is 4.79 Å². The van der Waals surface area contributed by atoms with Crippen molar-refractivity contribution in [3.63, 3.8) is 0 Å². The Kier molecular flexibility index (Phi) is 5.33. The lowest BCUT2D eigenvalue weighted by Gasteiger charge is -2.35. The standard InChI is InChI=1S/C16H22BrN3O2/c17-14-5-1-2-6-15(14)18-16(21)20-9-7-19(8-10-20)12-13-4-3-11-22-13/h1-2,5-6,13H,3-4,7-12H2,(H,18,21). The summed E-state index contributed by atoms with van der Waals surface area (Å²) in [6.45, 7) is 5.27. The molecule has 2 aliphatic rings. The smallest absolute Gasteiger partial charge is 0.321 e. The van der Waals surface area contributed by atoms with Gasteiger partial charge in [-0.2, -0.15) is 0 Å². The first-order chi connectivity index (χ1) is 10.7. The van der Waals surface area contributed by atoms with Crippen molar-refractivity contribution >= 4 is 27.6 Å². The van der Waals surface area contributed by atoms with Gasteiger partial charge >= 0.3 is 6.03 Å². The molecule has 0 aromatic heterocycles. The molecule has 22 heavy (non-hydrogen) atoms. The fraction of sp³-hybridized carbons (Fsp3) is 0.562. The zero-order valence-corrected chi connectivity index (χ0v) is 14.2. The summed E-state index contributed by atoms with van der Waals surface area (Å²) >= 11 is 3.45. The van der Waals surface area contributed by atoms with E-state index in [2.05, 4.69) is 26.1 Å². The number of nitrogens with zero attached hydrogens (tertiary/aromatic N) is 2. The lowest BCUT2D eigenvalue weighted by molar-refractivity contribution is 0.0572. The number of hydrogen-bond acceptors (Lipinski definition) is 3. The molecule has 1 unspecified atom stereocenters. The molecule has 0 bridgehead atoms. The van der Waals surface area contributed by atoms with Gasteiger partial charge in [-0.1, -0.05) is 12.1 Å². The summed E-state index contributed by atoms with van der Waals surface area (Å²) in [4.78, 5) is 16.6. The maximum absolute atomic E-state index is 12.3. The average molecular weight is 368 g/mol. The maximum atomic E-state index is 12.3. The number of carbonyl (C=O) groups is 1. The molecule has 2 aliphatic heterocycles. The highest BCUT2D eigenvalue weighted by atomic mass is 79.9. The van der Waals surface area contributed by atoms with Crippen LogP contribution in [-0.4, -0.2) is 61.3 Å². The Hall–Kier alpha value is -1.11. The van der Waals surface area contributed by atoms with Gasteiger partial charge in [0, 0.05) is 43.8 Å². The second-order valence-electron chi connectivity index (χ2n) is 5.83. The molecule has 2 amide bonds. The molecule has 2 saturated heterocycles. The summed E-state index contributed by atoms with van der Waals surface area (Å²) in [7, 11) is 0. The molecule has 1 atom stereocenters. The second kappa shape index (κ2) is 7.44. The molecule has 1 aromatic carbocycles. The Morgan fingerprint density at radius 2 is 2.05 bits per heavy atom. The van der Waals surface area contributed by atoms with Gasteiger partial charge in [0.05, 0.1) is 11.8 Å². The van der Waals surface area contributed by atoms with E-state index in [1.807, 2.05) is 29.2 Å². The van der Waals surface area contributed by atoms with Crippen LogP contribution in [0.1, 0.15) is 12.8 Å². The van der Waals surface area contributed by atoms with Crippen molar-refractivity contribution in [3.8, 4) is 0 Å². The van der Waals surface area contributed by atoms with Crippen LogP contribution in [0.3, 0.4) is 0 Å². The van der Waals surface area contributed by atoms with Gasteiger partial charge in [0.15, 0.2) is 0 Å². The monoisotopic (exact) mass is 367 g/mol. The minimum Gasteiger partial charge on any atom is -0.377 e. The first-order valence-corrected chi connectivity index (χ1v) is 8.66. The summed E-state index contributed by atoms with van der Waals surface area (Å²) in [5, 5.41) is 2.96. The van der Waals surface area contributed by atoms with Crippen LogP contribution in [-0.2, 0) is 4.74 Å². The lowest BCUT2D eigenvalue weighted by Crippen LogP contribution is -2.51. The van der Waals surface area contributed by atoms with Crippen molar-refractivity contribution in [2.24, 2.45) is 0 Å². The van der Waals surface area contributed by atoms with Crippen LogP contribution in [0.15, 0.2) is 28.7 Å². The molecule has 6 heteroatoms. The van der Waals surface area contributed by atoms with Crippen molar-refractivity contribution in [1.29, 1.82) is 0 Å². The van der Waals surface area contributed by atoms with Crippen LogP contribution in [0.2, 0.25) is 0 Å². The minimum atomic E-state index is -0.0244. The third-order valence-corrected chi connectivity index (χ3v) is 4.95. The van der Waals surface area contributed by atoms with Crippen molar-refractivity contribution in [2.45, 2.75) is 18.9 Å². The molecule has 0 spiro atoms. The molecule has 3 rings (SSSR count). The van der Waals surface area contributed by atoms with Gasteiger partial charge in [-0.25, -0.2) is 4.79 Å². The number of carbonyl (C=O) groups excluding carboxylic acids is 1. The fourth-order valence-electron chi connectivity index (χ4n) is 2.97.